The van der Waals surface area contributed by atoms with Crippen LogP contribution >= 0.6 is 0 Å². The largest absolute Gasteiger partial charge is 0.367 e. The maximum Gasteiger partial charge on any atom is 0.234 e. The number of rotatable bonds is 4. The molecule has 2 aromatic carbocycles. The van der Waals surface area contributed by atoms with Gasteiger partial charge in [0, 0.05) is 0 Å². The highest BCUT2D eigenvalue weighted by Gasteiger charge is 1.89. The molecule has 0 radical (unpaired) electrons. The smallest absolute Gasteiger partial charge is 0.234 e. The van der Waals surface area contributed by atoms with Gasteiger partial charge in [-0.1, -0.05) is 59.7 Å². The Morgan fingerprint density at radius 3 is 1.91 bits per heavy atom. The third-order valence-corrected chi connectivity index (χ3v) is 2.92. The van der Waals surface area contributed by atoms with E-state index in [4.69, 9.17) is 5.73 Å². The number of hydrazone groups is 1. The number of nitrogens with two attached hydrogens (primary N) is 1. The number of hydrogen-bond acceptors (Lipinski definition) is 3. The van der Waals surface area contributed by atoms with Crippen LogP contribution in [0.2, 0.25) is 0 Å². The molecule has 0 aliphatic rings. The van der Waals surface area contributed by atoms with E-state index in [2.05, 4.69) is 20.7 Å². The fourth-order valence-electron chi connectivity index (χ4n) is 1.66. The Morgan fingerprint density at radius 2 is 1.36 bits per heavy atom. The molecule has 112 valence electrons. The lowest BCUT2D eigenvalue weighted by molar-refractivity contribution is 0.994. The summed E-state index contributed by atoms with van der Waals surface area (Å²) in [5, 5.41) is 11.7. The Balaban J connectivity index is 1.87. The van der Waals surface area contributed by atoms with E-state index in [1.807, 2.05) is 62.4 Å². The van der Waals surface area contributed by atoms with Crippen LogP contribution in [-0.4, -0.2) is 18.4 Å². The maximum absolute atomic E-state index is 5.66. The molecule has 0 aliphatic carbocycles. The molecule has 22 heavy (non-hydrogen) atoms. The SMILES string of the molecule is Cc1ccc(/C=N/N=C(\N)N/N=C/c2ccc(C)cc2)cc1. The van der Waals surface area contributed by atoms with Gasteiger partial charge >= 0.3 is 0 Å². The first kappa shape index (κ1) is 15.4. The molecule has 0 aromatic heterocycles. The summed E-state index contributed by atoms with van der Waals surface area (Å²) in [6.45, 7) is 4.07. The number of guanidine groups is 1. The second kappa shape index (κ2) is 7.73. The first-order chi connectivity index (χ1) is 10.6. The van der Waals surface area contributed by atoms with Gasteiger partial charge in [0.15, 0.2) is 0 Å². The average molecular weight is 293 g/mol. The lowest BCUT2D eigenvalue weighted by atomic mass is 10.2. The Hall–Kier alpha value is -2.95. The van der Waals surface area contributed by atoms with Crippen LogP contribution < -0.4 is 11.2 Å². The van der Waals surface area contributed by atoms with Crippen molar-refractivity contribution in [3.8, 4) is 0 Å². The summed E-state index contributed by atoms with van der Waals surface area (Å²) in [7, 11) is 0. The van der Waals surface area contributed by atoms with Gasteiger partial charge in [-0.25, -0.2) is 5.43 Å². The van der Waals surface area contributed by atoms with E-state index in [0.29, 0.717) is 0 Å². The van der Waals surface area contributed by atoms with Gasteiger partial charge in [-0.05, 0) is 25.0 Å². The van der Waals surface area contributed by atoms with E-state index in [1.54, 1.807) is 12.4 Å². The first-order valence-corrected chi connectivity index (χ1v) is 6.92. The highest BCUT2D eigenvalue weighted by molar-refractivity contribution is 5.84. The Labute approximate surface area is 130 Å². The number of hydrogen-bond donors (Lipinski definition) is 2. The zero-order chi connectivity index (χ0) is 15.8. The van der Waals surface area contributed by atoms with Crippen LogP contribution in [0.25, 0.3) is 0 Å². The van der Waals surface area contributed by atoms with E-state index in [9.17, 15) is 0 Å². The number of nitrogens with zero attached hydrogens (tertiary/aromatic N) is 3. The van der Waals surface area contributed by atoms with Crippen molar-refractivity contribution < 1.29 is 0 Å². The summed E-state index contributed by atoms with van der Waals surface area (Å²) in [5.41, 5.74) is 12.6. The van der Waals surface area contributed by atoms with Crippen LogP contribution in [0.4, 0.5) is 0 Å². The second-order valence-corrected chi connectivity index (χ2v) is 4.92. The highest BCUT2D eigenvalue weighted by Crippen LogP contribution is 2.00. The molecule has 2 aromatic rings. The van der Waals surface area contributed by atoms with Gasteiger partial charge in [0.1, 0.15) is 0 Å². The van der Waals surface area contributed by atoms with E-state index < -0.39 is 0 Å². The zero-order valence-corrected chi connectivity index (χ0v) is 12.7. The van der Waals surface area contributed by atoms with Crippen molar-refractivity contribution in [2.24, 2.45) is 21.0 Å². The third kappa shape index (κ3) is 5.20. The Bertz CT molecular complexity index is 682. The summed E-state index contributed by atoms with van der Waals surface area (Å²) in [6.07, 6.45) is 3.31. The maximum atomic E-state index is 5.66. The molecule has 0 saturated heterocycles. The summed E-state index contributed by atoms with van der Waals surface area (Å²) >= 11 is 0. The van der Waals surface area contributed by atoms with Crippen LogP contribution in [0.1, 0.15) is 22.3 Å². The molecule has 3 N–H and O–H groups in total. The minimum atomic E-state index is 0.131. The van der Waals surface area contributed by atoms with Crippen molar-refractivity contribution in [1.82, 2.24) is 5.43 Å². The number of aryl methyl sites for hydroxylation is 2. The third-order valence-electron chi connectivity index (χ3n) is 2.92. The van der Waals surface area contributed by atoms with Crippen LogP contribution in [0, 0.1) is 13.8 Å². The van der Waals surface area contributed by atoms with Crippen molar-refractivity contribution in [1.29, 1.82) is 0 Å². The van der Waals surface area contributed by atoms with Crippen molar-refractivity contribution in [2.75, 3.05) is 0 Å². The Morgan fingerprint density at radius 1 is 0.864 bits per heavy atom. The lowest BCUT2D eigenvalue weighted by Gasteiger charge is -1.97. The van der Waals surface area contributed by atoms with Gasteiger partial charge in [0.05, 0.1) is 12.4 Å². The molecular weight excluding hydrogens is 274 g/mol. The molecule has 0 amide bonds. The Kier molecular flexibility index (Phi) is 5.43. The van der Waals surface area contributed by atoms with E-state index in [-0.39, 0.29) is 5.96 Å². The first-order valence-electron chi connectivity index (χ1n) is 6.92. The van der Waals surface area contributed by atoms with Gasteiger partial charge in [0.2, 0.25) is 5.96 Å². The molecule has 0 unspecified atom stereocenters. The van der Waals surface area contributed by atoms with E-state index in [0.717, 1.165) is 11.1 Å². The predicted molar refractivity (Wildman–Crippen MR) is 92.3 cm³/mol. The molecule has 0 atom stereocenters. The molecule has 0 spiro atoms. The zero-order valence-electron chi connectivity index (χ0n) is 12.7. The summed E-state index contributed by atoms with van der Waals surface area (Å²) in [4.78, 5) is 0. The van der Waals surface area contributed by atoms with Crippen LogP contribution in [0.15, 0.2) is 63.8 Å². The molecular formula is C17H19N5. The van der Waals surface area contributed by atoms with Crippen LogP contribution in [0.5, 0.6) is 0 Å². The molecule has 0 heterocycles. The summed E-state index contributed by atoms with van der Waals surface area (Å²) < 4.78 is 0. The lowest BCUT2D eigenvalue weighted by Crippen LogP contribution is -2.26. The van der Waals surface area contributed by atoms with Gasteiger partial charge in [0.25, 0.3) is 0 Å². The minimum Gasteiger partial charge on any atom is -0.367 e. The molecule has 5 nitrogen and oxygen atoms in total. The van der Waals surface area contributed by atoms with Gasteiger partial charge in [-0.3, -0.25) is 0 Å². The average Bonchev–Trinajstić information content (AvgIpc) is 2.51. The monoisotopic (exact) mass is 293 g/mol. The standard InChI is InChI=1S/C17H19N5/c1-13-3-7-15(8-4-13)11-19-21-17(18)22-20-12-16-9-5-14(2)6-10-16/h3-12H,1-2H3,(H3,18,21,22)/b19-11+,20-12+. The summed E-state index contributed by atoms with van der Waals surface area (Å²) in [6, 6.07) is 15.9. The molecule has 0 aliphatic heterocycles. The van der Waals surface area contributed by atoms with Crippen molar-refractivity contribution >= 4 is 18.4 Å². The van der Waals surface area contributed by atoms with Crippen molar-refractivity contribution in [2.45, 2.75) is 13.8 Å². The van der Waals surface area contributed by atoms with E-state index in [1.165, 1.54) is 11.1 Å². The molecule has 0 saturated carbocycles. The quantitative estimate of drug-likeness (QED) is 0.516. The summed E-state index contributed by atoms with van der Waals surface area (Å²) in [5.74, 6) is 0.131. The topological polar surface area (TPSA) is 75.1 Å². The second-order valence-electron chi connectivity index (χ2n) is 4.92. The molecule has 0 fully saturated rings. The molecule has 2 rings (SSSR count). The fourth-order valence-corrected chi connectivity index (χ4v) is 1.66. The van der Waals surface area contributed by atoms with Crippen LogP contribution in [-0.2, 0) is 0 Å². The van der Waals surface area contributed by atoms with E-state index >= 15 is 0 Å². The fraction of sp³-hybridized carbons (Fsp3) is 0.118. The van der Waals surface area contributed by atoms with Gasteiger partial charge in [-0.2, -0.15) is 10.2 Å². The normalized spacial score (nSPS) is 12.2. The van der Waals surface area contributed by atoms with Gasteiger partial charge < -0.3 is 5.73 Å². The van der Waals surface area contributed by atoms with Crippen molar-refractivity contribution in [3.63, 3.8) is 0 Å². The minimum absolute atomic E-state index is 0.131. The predicted octanol–water partition coefficient (Wildman–Crippen LogP) is 2.58. The molecule has 5 heteroatoms. The molecule has 0 bridgehead atoms. The number of nitrogens with one attached hydrogen (secondary N) is 1. The van der Waals surface area contributed by atoms with Crippen LogP contribution in [0.3, 0.4) is 0 Å². The highest BCUT2D eigenvalue weighted by atomic mass is 15.4. The number of benzene rings is 2. The van der Waals surface area contributed by atoms with Crippen molar-refractivity contribution in [3.05, 3.63) is 70.8 Å². The van der Waals surface area contributed by atoms with Gasteiger partial charge in [-0.15, -0.1) is 5.10 Å².